The van der Waals surface area contributed by atoms with E-state index in [-0.39, 0.29) is 21.1 Å². The van der Waals surface area contributed by atoms with Gasteiger partial charge in [0, 0.05) is 0 Å². The standard InChI is InChI=1S/6C6H11.2C4H9.3Sn/c6*1-2-4-6-5-3-1;2*1-4(2)3;;;/h6*1H,2-6H2;2*4H,1H2,2-3H3;;;. The van der Waals surface area contributed by atoms with E-state index in [1.54, 1.807) is 201 Å². The van der Waals surface area contributed by atoms with Crippen molar-refractivity contribution in [1.82, 2.24) is 0 Å². The van der Waals surface area contributed by atoms with E-state index >= 15 is 0 Å². The number of rotatable bonds is 10. The molecule has 6 saturated carbocycles. The summed E-state index contributed by atoms with van der Waals surface area (Å²) in [6, 6.07) is 0. The predicted molar refractivity (Wildman–Crippen MR) is 218 cm³/mol. The summed E-state index contributed by atoms with van der Waals surface area (Å²) in [7, 11) is 0. The van der Waals surface area contributed by atoms with Crippen LogP contribution in [-0.4, -0.2) is 60.7 Å². The molecule has 6 rings (SSSR count). The Balaban J connectivity index is 0.000000171. The van der Waals surface area contributed by atoms with Crippen molar-refractivity contribution in [2.45, 2.75) is 253 Å². The number of hydrogen-bond donors (Lipinski definition) is 0. The zero-order valence-electron chi connectivity index (χ0n) is 32.7. The molecular weight excluding hydrogens is 885 g/mol. The fourth-order valence-corrected chi connectivity index (χ4v) is 44.9. The Morgan fingerprint density at radius 1 is 0.319 bits per heavy atom. The van der Waals surface area contributed by atoms with Gasteiger partial charge in [-0.3, -0.25) is 0 Å². The van der Waals surface area contributed by atoms with E-state index in [0.29, 0.717) is 0 Å². The van der Waals surface area contributed by atoms with Gasteiger partial charge in [0.25, 0.3) is 0 Å². The van der Waals surface area contributed by atoms with Crippen LogP contribution in [-0.2, 0) is 0 Å². The van der Waals surface area contributed by atoms with E-state index < -0.39 is 39.5 Å². The van der Waals surface area contributed by atoms with E-state index in [1.807, 2.05) is 0 Å². The Hall–Kier alpha value is 2.40. The zero-order chi connectivity index (χ0) is 33.1. The first-order chi connectivity index (χ1) is 23.0. The summed E-state index contributed by atoms with van der Waals surface area (Å²) >= 11 is -2.23. The van der Waals surface area contributed by atoms with Crippen LogP contribution in [0.1, 0.15) is 220 Å². The Labute approximate surface area is 322 Å². The second kappa shape index (κ2) is 25.4. The predicted octanol–water partition coefficient (Wildman–Crippen LogP) is 15.8. The van der Waals surface area contributed by atoms with Crippen molar-refractivity contribution < 1.29 is 0 Å². The van der Waals surface area contributed by atoms with Gasteiger partial charge in [-0.25, -0.2) is 0 Å². The third-order valence-corrected chi connectivity index (χ3v) is 45.9. The van der Waals surface area contributed by atoms with Gasteiger partial charge in [-0.15, -0.1) is 0 Å². The molecule has 0 aliphatic heterocycles. The molecule has 272 valence electrons. The van der Waals surface area contributed by atoms with Gasteiger partial charge < -0.3 is 0 Å². The van der Waals surface area contributed by atoms with Gasteiger partial charge in [-0.2, -0.15) is 0 Å². The third-order valence-electron chi connectivity index (χ3n) is 13.6. The number of hydrogen-bond acceptors (Lipinski definition) is 0. The average molecular weight is 969 g/mol. The van der Waals surface area contributed by atoms with E-state index in [1.165, 1.54) is 23.6 Å². The maximum absolute atomic E-state index is 2.33. The summed E-state index contributed by atoms with van der Waals surface area (Å²) in [5.74, 6) is 1.94. The Bertz CT molecular complexity index is 582. The van der Waals surface area contributed by atoms with E-state index in [9.17, 15) is 0 Å². The van der Waals surface area contributed by atoms with Crippen LogP contribution >= 0.6 is 0 Å². The molecule has 6 fully saturated rings. The Kier molecular flexibility index (Phi) is 22.8. The maximum atomic E-state index is 2.33. The van der Waals surface area contributed by atoms with Gasteiger partial charge in [0.2, 0.25) is 0 Å². The SMILES string of the molecule is C1CC[CH]([Sn]([CH]2CCCCC2)[CH]2CCCCC2)CC1.C1CC[CH]([Sn]([CH]2CCCCC2)[CH]2CCCCC2)CC1.CC(C)[CH2][Sn][CH2]C(C)C. The summed E-state index contributed by atoms with van der Waals surface area (Å²) in [5.41, 5.74) is 0. The molecule has 0 N–H and O–H groups in total. The van der Waals surface area contributed by atoms with Gasteiger partial charge in [-0.05, 0) is 0 Å². The molecule has 4 radical (unpaired) electrons. The summed E-state index contributed by atoms with van der Waals surface area (Å²) < 4.78 is 11.1. The molecule has 0 unspecified atom stereocenters. The summed E-state index contributed by atoms with van der Waals surface area (Å²) in [6.07, 6.45) is 48.5. The van der Waals surface area contributed by atoms with Gasteiger partial charge in [0.1, 0.15) is 0 Å². The molecule has 0 aromatic carbocycles. The fourth-order valence-electron chi connectivity index (χ4n) is 11.3. The molecule has 0 saturated heterocycles. The van der Waals surface area contributed by atoms with Crippen LogP contribution in [0.15, 0.2) is 0 Å². The van der Waals surface area contributed by atoms with Crippen molar-refractivity contribution >= 4 is 60.7 Å². The molecule has 0 bridgehead atoms. The summed E-state index contributed by atoms with van der Waals surface area (Å²) in [4.78, 5) is 0. The van der Waals surface area contributed by atoms with Crippen LogP contribution in [0.5, 0.6) is 0 Å². The van der Waals surface area contributed by atoms with Crippen LogP contribution in [0.4, 0.5) is 0 Å². The Morgan fingerprint density at radius 2 is 0.489 bits per heavy atom. The van der Waals surface area contributed by atoms with Crippen molar-refractivity contribution in [3.63, 3.8) is 0 Å². The second-order valence-corrected chi connectivity index (χ2v) is 41.9. The fraction of sp³-hybridized carbons (Fsp3) is 1.00. The van der Waals surface area contributed by atoms with Gasteiger partial charge in [0.05, 0.1) is 0 Å². The minimum absolute atomic E-state index is 0.0709. The average Bonchev–Trinajstić information content (AvgIpc) is 3.12. The molecule has 6 aliphatic rings. The van der Waals surface area contributed by atoms with Crippen molar-refractivity contribution in [2.24, 2.45) is 11.8 Å². The monoisotopic (exact) mass is 972 g/mol. The van der Waals surface area contributed by atoms with Crippen LogP contribution in [0.2, 0.25) is 32.5 Å². The second-order valence-electron chi connectivity index (χ2n) is 18.5. The van der Waals surface area contributed by atoms with Crippen molar-refractivity contribution in [3.8, 4) is 0 Å². The third kappa shape index (κ3) is 16.1. The van der Waals surface area contributed by atoms with Crippen molar-refractivity contribution in [2.75, 3.05) is 0 Å². The molecule has 47 heavy (non-hydrogen) atoms. The molecule has 0 heterocycles. The molecule has 0 atom stereocenters. The molecular formula is C44H84Sn3. The quantitative estimate of drug-likeness (QED) is 0.191. The minimum atomic E-state index is -1.15. The summed E-state index contributed by atoms with van der Waals surface area (Å²) in [5, 5.41) is 0. The Morgan fingerprint density at radius 3 is 0.638 bits per heavy atom. The first kappa shape index (κ1) is 42.1. The molecule has 3 heteroatoms. The van der Waals surface area contributed by atoms with Crippen LogP contribution in [0.3, 0.4) is 0 Å². The first-order valence-corrected chi connectivity index (χ1v) is 36.4. The first-order valence-electron chi connectivity index (χ1n) is 22.5. The van der Waals surface area contributed by atoms with Gasteiger partial charge >= 0.3 is 325 Å². The van der Waals surface area contributed by atoms with E-state index in [0.717, 1.165) is 11.8 Å². The van der Waals surface area contributed by atoms with Gasteiger partial charge in [0.15, 0.2) is 0 Å². The van der Waals surface area contributed by atoms with E-state index in [2.05, 4.69) is 27.7 Å². The van der Waals surface area contributed by atoms with Crippen LogP contribution < -0.4 is 0 Å². The molecule has 0 amide bonds. The normalized spacial score (nSPS) is 25.5. The molecule has 0 aromatic rings. The molecule has 6 aliphatic carbocycles. The molecule has 0 nitrogen and oxygen atoms in total. The van der Waals surface area contributed by atoms with Crippen molar-refractivity contribution in [1.29, 1.82) is 0 Å². The summed E-state index contributed by atoms with van der Waals surface area (Å²) in [6.45, 7) is 9.34. The van der Waals surface area contributed by atoms with Gasteiger partial charge in [-0.1, -0.05) is 0 Å². The van der Waals surface area contributed by atoms with Crippen LogP contribution in [0.25, 0.3) is 0 Å². The molecule has 0 spiro atoms. The topological polar surface area (TPSA) is 0 Å². The molecule has 0 aromatic heterocycles. The van der Waals surface area contributed by atoms with Crippen molar-refractivity contribution in [3.05, 3.63) is 0 Å². The van der Waals surface area contributed by atoms with Crippen LogP contribution in [0, 0.1) is 11.8 Å². The van der Waals surface area contributed by atoms with E-state index in [4.69, 9.17) is 0 Å². The zero-order valence-corrected chi connectivity index (χ0v) is 41.3.